The maximum Gasteiger partial charge on any atom is 0.325 e. The summed E-state index contributed by atoms with van der Waals surface area (Å²) >= 11 is 1.43. The van der Waals surface area contributed by atoms with Gasteiger partial charge in [-0.05, 0) is 37.1 Å². The summed E-state index contributed by atoms with van der Waals surface area (Å²) in [7, 11) is 1.33. The van der Waals surface area contributed by atoms with E-state index in [1.807, 2.05) is 44.2 Å². The molecule has 22 heavy (non-hydrogen) atoms. The minimum Gasteiger partial charge on any atom is -0.468 e. The fourth-order valence-electron chi connectivity index (χ4n) is 2.12. The second-order valence-corrected chi connectivity index (χ2v) is 6.36. The molecule has 1 aromatic heterocycles. The Balaban J connectivity index is 2.24. The van der Waals surface area contributed by atoms with Gasteiger partial charge >= 0.3 is 5.97 Å². The molecule has 0 aliphatic rings. The number of amides is 1. The number of hydrogen-bond acceptors (Lipinski definition) is 4. The molecule has 0 saturated carbocycles. The quantitative estimate of drug-likeness (QED) is 0.796. The lowest BCUT2D eigenvalue weighted by Crippen LogP contribution is -2.35. The Kier molecular flexibility index (Phi) is 5.33. The van der Waals surface area contributed by atoms with Crippen LogP contribution in [0, 0.1) is 13.8 Å². The summed E-state index contributed by atoms with van der Waals surface area (Å²) in [5.74, 6) is -0.568. The second kappa shape index (κ2) is 7.22. The van der Waals surface area contributed by atoms with Gasteiger partial charge in [0, 0.05) is 11.4 Å². The SMILES string of the molecule is COC(=O)CN(Cc1ccccc1C)C(=O)c1ccc(C)s1. The van der Waals surface area contributed by atoms with Crippen LogP contribution in [0.15, 0.2) is 36.4 Å². The summed E-state index contributed by atoms with van der Waals surface area (Å²) in [5, 5.41) is 0. The molecule has 116 valence electrons. The van der Waals surface area contributed by atoms with Crippen molar-refractivity contribution >= 4 is 23.2 Å². The zero-order chi connectivity index (χ0) is 16.1. The number of carbonyl (C=O) groups is 2. The van der Waals surface area contributed by atoms with E-state index >= 15 is 0 Å². The van der Waals surface area contributed by atoms with Gasteiger partial charge in [0.05, 0.1) is 12.0 Å². The number of nitrogens with zero attached hydrogens (tertiary/aromatic N) is 1. The molecule has 0 fully saturated rings. The van der Waals surface area contributed by atoms with E-state index in [1.54, 1.807) is 6.07 Å². The standard InChI is InChI=1S/C17H19NO3S/c1-12-6-4-5-7-14(12)10-18(11-16(19)21-3)17(20)15-9-8-13(2)22-15/h4-9H,10-11H2,1-3H3. The van der Waals surface area contributed by atoms with Crippen molar-refractivity contribution in [3.63, 3.8) is 0 Å². The minimum absolute atomic E-state index is 0.0549. The van der Waals surface area contributed by atoms with Crippen LogP contribution >= 0.6 is 11.3 Å². The lowest BCUT2D eigenvalue weighted by molar-refractivity contribution is -0.141. The molecule has 0 aliphatic heterocycles. The van der Waals surface area contributed by atoms with Gasteiger partial charge in [0.1, 0.15) is 6.54 Å². The molecule has 4 nitrogen and oxygen atoms in total. The largest absolute Gasteiger partial charge is 0.468 e. The fourth-order valence-corrected chi connectivity index (χ4v) is 2.95. The molecule has 0 radical (unpaired) electrons. The lowest BCUT2D eigenvalue weighted by atomic mass is 10.1. The molecule has 0 atom stereocenters. The Morgan fingerprint density at radius 3 is 2.45 bits per heavy atom. The maximum atomic E-state index is 12.7. The summed E-state index contributed by atoms with van der Waals surface area (Å²) < 4.78 is 4.71. The van der Waals surface area contributed by atoms with Gasteiger partial charge < -0.3 is 9.64 Å². The van der Waals surface area contributed by atoms with Crippen LogP contribution in [0.1, 0.15) is 25.7 Å². The van der Waals surface area contributed by atoms with Crippen LogP contribution in [0.3, 0.4) is 0 Å². The molecule has 0 aliphatic carbocycles. The van der Waals surface area contributed by atoms with E-state index in [0.29, 0.717) is 11.4 Å². The first-order valence-electron chi connectivity index (χ1n) is 6.98. The maximum absolute atomic E-state index is 12.7. The highest BCUT2D eigenvalue weighted by Crippen LogP contribution is 2.19. The Hall–Kier alpha value is -2.14. The number of carbonyl (C=O) groups excluding carboxylic acids is 2. The van der Waals surface area contributed by atoms with E-state index in [-0.39, 0.29) is 12.5 Å². The average molecular weight is 317 g/mol. The van der Waals surface area contributed by atoms with E-state index in [2.05, 4.69) is 0 Å². The molecule has 2 rings (SSSR count). The Labute approximate surface area is 134 Å². The number of aryl methyl sites for hydroxylation is 2. The number of thiophene rings is 1. The zero-order valence-corrected chi connectivity index (χ0v) is 13.8. The first kappa shape index (κ1) is 16.2. The third-order valence-corrected chi connectivity index (χ3v) is 4.40. The molecule has 1 aromatic carbocycles. The van der Waals surface area contributed by atoms with Gasteiger partial charge in [-0.15, -0.1) is 11.3 Å². The van der Waals surface area contributed by atoms with Gasteiger partial charge in [-0.3, -0.25) is 9.59 Å². The van der Waals surface area contributed by atoms with Gasteiger partial charge in [0.15, 0.2) is 0 Å². The molecule has 0 unspecified atom stereocenters. The van der Waals surface area contributed by atoms with Crippen molar-refractivity contribution in [1.82, 2.24) is 4.90 Å². The Bertz CT molecular complexity index is 678. The number of hydrogen-bond donors (Lipinski definition) is 0. The molecule has 0 saturated heterocycles. The second-order valence-electron chi connectivity index (χ2n) is 5.07. The van der Waals surface area contributed by atoms with Gasteiger partial charge in [0.25, 0.3) is 5.91 Å². The first-order chi connectivity index (χ1) is 10.5. The number of ether oxygens (including phenoxy) is 1. The number of rotatable bonds is 5. The van der Waals surface area contributed by atoms with E-state index in [0.717, 1.165) is 16.0 Å². The van der Waals surface area contributed by atoms with Crippen molar-refractivity contribution < 1.29 is 14.3 Å². The predicted octanol–water partition coefficient (Wildman–Crippen LogP) is 3.18. The van der Waals surface area contributed by atoms with Crippen molar-refractivity contribution in [2.45, 2.75) is 20.4 Å². The average Bonchev–Trinajstić information content (AvgIpc) is 2.94. The summed E-state index contributed by atoms with van der Waals surface area (Å²) in [4.78, 5) is 27.5. The van der Waals surface area contributed by atoms with E-state index < -0.39 is 5.97 Å². The van der Waals surface area contributed by atoms with Crippen LogP contribution in [0.25, 0.3) is 0 Å². The Morgan fingerprint density at radius 1 is 1.14 bits per heavy atom. The fraction of sp³-hybridized carbons (Fsp3) is 0.294. The monoisotopic (exact) mass is 317 g/mol. The van der Waals surface area contributed by atoms with Gasteiger partial charge in [0.2, 0.25) is 0 Å². The van der Waals surface area contributed by atoms with Crippen LogP contribution in [-0.4, -0.2) is 30.4 Å². The van der Waals surface area contributed by atoms with Crippen molar-refractivity contribution in [3.05, 3.63) is 57.3 Å². The summed E-state index contributed by atoms with van der Waals surface area (Å²) in [5.41, 5.74) is 2.11. The van der Waals surface area contributed by atoms with Crippen LogP contribution in [0.5, 0.6) is 0 Å². The summed E-state index contributed by atoms with van der Waals surface area (Å²) in [6.07, 6.45) is 0. The molecular weight excluding hydrogens is 298 g/mol. The van der Waals surface area contributed by atoms with Gasteiger partial charge in [-0.25, -0.2) is 0 Å². The topological polar surface area (TPSA) is 46.6 Å². The van der Waals surface area contributed by atoms with Crippen LogP contribution in [0.2, 0.25) is 0 Å². The third-order valence-electron chi connectivity index (χ3n) is 3.41. The third kappa shape index (κ3) is 3.95. The van der Waals surface area contributed by atoms with E-state index in [4.69, 9.17) is 4.74 Å². The Morgan fingerprint density at radius 2 is 1.86 bits per heavy atom. The van der Waals surface area contributed by atoms with E-state index in [1.165, 1.54) is 23.3 Å². The van der Waals surface area contributed by atoms with Crippen molar-refractivity contribution in [2.75, 3.05) is 13.7 Å². The lowest BCUT2D eigenvalue weighted by Gasteiger charge is -2.22. The molecule has 0 N–H and O–H groups in total. The van der Waals surface area contributed by atoms with Crippen LogP contribution < -0.4 is 0 Å². The molecule has 1 amide bonds. The van der Waals surface area contributed by atoms with E-state index in [9.17, 15) is 9.59 Å². The molecule has 0 bridgehead atoms. The highest BCUT2D eigenvalue weighted by molar-refractivity contribution is 7.13. The van der Waals surface area contributed by atoms with Crippen LogP contribution in [-0.2, 0) is 16.1 Å². The molecule has 0 spiro atoms. The van der Waals surface area contributed by atoms with Crippen LogP contribution in [0.4, 0.5) is 0 Å². The molecule has 2 aromatic rings. The number of methoxy groups -OCH3 is 1. The summed E-state index contributed by atoms with van der Waals surface area (Å²) in [6, 6.07) is 11.5. The smallest absolute Gasteiger partial charge is 0.325 e. The van der Waals surface area contributed by atoms with Gasteiger partial charge in [-0.1, -0.05) is 24.3 Å². The molecule has 5 heteroatoms. The van der Waals surface area contributed by atoms with Crippen molar-refractivity contribution in [2.24, 2.45) is 0 Å². The zero-order valence-electron chi connectivity index (χ0n) is 13.0. The van der Waals surface area contributed by atoms with Gasteiger partial charge in [-0.2, -0.15) is 0 Å². The van der Waals surface area contributed by atoms with Crippen molar-refractivity contribution in [3.8, 4) is 0 Å². The highest BCUT2D eigenvalue weighted by atomic mass is 32.1. The summed E-state index contributed by atoms with van der Waals surface area (Å²) in [6.45, 7) is 4.27. The first-order valence-corrected chi connectivity index (χ1v) is 7.80. The minimum atomic E-state index is -0.421. The predicted molar refractivity (Wildman–Crippen MR) is 87.0 cm³/mol. The van der Waals surface area contributed by atoms with Crippen molar-refractivity contribution in [1.29, 1.82) is 0 Å². The molecule has 1 heterocycles. The number of esters is 1. The number of benzene rings is 1. The highest BCUT2D eigenvalue weighted by Gasteiger charge is 2.21. The molecular formula is C17H19NO3S. The normalized spacial score (nSPS) is 10.3.